The van der Waals surface area contributed by atoms with Crippen LogP contribution in [0.3, 0.4) is 0 Å². The predicted octanol–water partition coefficient (Wildman–Crippen LogP) is 1.63. The minimum absolute atomic E-state index is 0. The minimum atomic E-state index is -4.44. The molecule has 1 aromatic heterocycles. The van der Waals surface area contributed by atoms with E-state index < -0.39 is 35.0 Å². The smallest absolute Gasteiger partial charge is 0.545 e. The first-order chi connectivity index (χ1) is 17.1. The van der Waals surface area contributed by atoms with Crippen LogP contribution in [0.1, 0.15) is 50.2 Å². The quantitative estimate of drug-likeness (QED) is 0.302. The Labute approximate surface area is 251 Å². The molecule has 0 unspecified atom stereocenters. The number of amides is 1. The number of nitrogens with one attached hydrogen (secondary N) is 1. The van der Waals surface area contributed by atoms with Crippen LogP contribution in [0.15, 0.2) is 72.9 Å². The van der Waals surface area contributed by atoms with E-state index in [4.69, 9.17) is 0 Å². The van der Waals surface area contributed by atoms with Gasteiger partial charge in [0, 0.05) is 18.1 Å². The first kappa shape index (κ1) is 27.5. The summed E-state index contributed by atoms with van der Waals surface area (Å²) in [5.41, 5.74) is 0.445. The number of carboxylic acids is 1. The summed E-state index contributed by atoms with van der Waals surface area (Å²) < 4.78 is 54.7. The molecule has 5 nitrogen and oxygen atoms in total. The molecule has 0 atom stereocenters. The molecule has 1 saturated carbocycles. The number of fused-ring (bicyclic) bond motifs is 1. The molecule has 1 amide bonds. The first-order valence-electron chi connectivity index (χ1n) is 11.1. The van der Waals surface area contributed by atoms with Crippen molar-refractivity contribution in [2.24, 2.45) is 0 Å². The number of benzene rings is 3. The molecule has 37 heavy (non-hydrogen) atoms. The Morgan fingerprint density at radius 2 is 1.62 bits per heavy atom. The van der Waals surface area contributed by atoms with E-state index in [-0.39, 0.29) is 69.1 Å². The fraction of sp³-hybridized carbons (Fsp3) is 0.185. The molecule has 0 radical (unpaired) electrons. The summed E-state index contributed by atoms with van der Waals surface area (Å²) in [5, 5.41) is 14.5. The van der Waals surface area contributed by atoms with Crippen molar-refractivity contribution in [1.82, 2.24) is 9.88 Å². The van der Waals surface area contributed by atoms with Crippen molar-refractivity contribution in [2.45, 2.75) is 31.1 Å². The molecule has 184 valence electrons. The zero-order valence-corrected chi connectivity index (χ0v) is 22.9. The molecule has 1 fully saturated rings. The van der Waals surface area contributed by atoms with Crippen molar-refractivity contribution < 1.29 is 83.6 Å². The fourth-order valence-corrected chi connectivity index (χ4v) is 4.43. The number of hydrogen-bond donors (Lipinski definition) is 1. The Hall–Kier alpha value is -2.50. The molecular formula is C27H19F4KN2O3. The minimum Gasteiger partial charge on any atom is -0.545 e. The summed E-state index contributed by atoms with van der Waals surface area (Å²) in [6.07, 6.45) is -1.52. The van der Waals surface area contributed by atoms with E-state index in [9.17, 15) is 32.3 Å². The van der Waals surface area contributed by atoms with Crippen molar-refractivity contribution in [3.05, 3.63) is 107 Å². The van der Waals surface area contributed by atoms with Gasteiger partial charge in [-0.1, -0.05) is 36.4 Å². The number of carboxylic acid groups (broad SMARTS) is 1. The van der Waals surface area contributed by atoms with Crippen LogP contribution in [0.4, 0.5) is 17.6 Å². The molecule has 10 heteroatoms. The van der Waals surface area contributed by atoms with Crippen molar-refractivity contribution in [1.29, 1.82) is 0 Å². The van der Waals surface area contributed by atoms with Gasteiger partial charge in [-0.2, -0.15) is 13.2 Å². The molecule has 0 aliphatic heterocycles. The van der Waals surface area contributed by atoms with E-state index in [1.807, 2.05) is 0 Å². The van der Waals surface area contributed by atoms with Gasteiger partial charge in [0.25, 0.3) is 5.91 Å². The van der Waals surface area contributed by atoms with Gasteiger partial charge in [0.1, 0.15) is 5.82 Å². The first-order valence-corrected chi connectivity index (χ1v) is 11.1. The molecule has 1 aliphatic rings. The van der Waals surface area contributed by atoms with Crippen LogP contribution < -0.4 is 61.8 Å². The van der Waals surface area contributed by atoms with Crippen LogP contribution in [0.2, 0.25) is 0 Å². The zero-order chi connectivity index (χ0) is 25.7. The maximum absolute atomic E-state index is 14.4. The van der Waals surface area contributed by atoms with E-state index in [0.717, 1.165) is 23.8 Å². The molecule has 0 saturated heterocycles. The van der Waals surface area contributed by atoms with Crippen molar-refractivity contribution in [3.63, 3.8) is 0 Å². The molecule has 5 rings (SSSR count). The largest absolute Gasteiger partial charge is 1.00 e. The number of alkyl halides is 3. The number of hydrogen-bond acceptors (Lipinski definition) is 3. The maximum Gasteiger partial charge on any atom is 1.00 e. The van der Waals surface area contributed by atoms with Gasteiger partial charge in [0.2, 0.25) is 0 Å². The summed E-state index contributed by atoms with van der Waals surface area (Å²) in [4.78, 5) is 24.4. The average molecular weight is 535 g/mol. The fourth-order valence-electron chi connectivity index (χ4n) is 4.43. The maximum atomic E-state index is 14.4. The van der Waals surface area contributed by atoms with Crippen molar-refractivity contribution in [2.75, 3.05) is 0 Å². The SMILES string of the molecule is O=C([O-])c1ccc(C2(NC(=O)c3cc(F)cc4ccn(Cc5ccc(C(F)(F)F)cc5)c34)CC2)cc1.[K+]. The van der Waals surface area contributed by atoms with Crippen LogP contribution >= 0.6 is 0 Å². The van der Waals surface area contributed by atoms with Gasteiger partial charge in [-0.3, -0.25) is 4.79 Å². The normalized spacial score (nSPS) is 14.2. The average Bonchev–Trinajstić information content (AvgIpc) is 3.51. The van der Waals surface area contributed by atoms with E-state index in [2.05, 4.69) is 5.32 Å². The Balaban J connectivity index is 0.00000320. The van der Waals surface area contributed by atoms with E-state index in [1.54, 1.807) is 29.0 Å². The van der Waals surface area contributed by atoms with Crippen LogP contribution in [-0.2, 0) is 18.3 Å². The van der Waals surface area contributed by atoms with E-state index in [1.165, 1.54) is 30.3 Å². The third-order valence-corrected chi connectivity index (χ3v) is 6.48. The molecule has 1 heterocycles. The Kier molecular flexibility index (Phi) is 7.69. The summed E-state index contributed by atoms with van der Waals surface area (Å²) in [5.74, 6) is -2.40. The second-order valence-electron chi connectivity index (χ2n) is 8.93. The van der Waals surface area contributed by atoms with Crippen molar-refractivity contribution >= 4 is 22.8 Å². The number of aromatic nitrogens is 1. The molecule has 4 aromatic rings. The van der Waals surface area contributed by atoms with Crippen LogP contribution in [0.25, 0.3) is 10.9 Å². The van der Waals surface area contributed by atoms with Gasteiger partial charge in [-0.15, -0.1) is 0 Å². The predicted molar refractivity (Wildman–Crippen MR) is 122 cm³/mol. The van der Waals surface area contributed by atoms with Gasteiger partial charge in [0.05, 0.1) is 28.2 Å². The number of halogens is 4. The zero-order valence-electron chi connectivity index (χ0n) is 19.7. The summed E-state index contributed by atoms with van der Waals surface area (Å²) in [7, 11) is 0. The number of nitrogens with zero attached hydrogens (tertiary/aromatic N) is 1. The number of carbonyl (C=O) groups is 2. The second-order valence-corrected chi connectivity index (χ2v) is 8.93. The monoisotopic (exact) mass is 534 g/mol. The number of carbonyl (C=O) groups excluding carboxylic acids is 2. The number of rotatable bonds is 6. The van der Waals surface area contributed by atoms with E-state index in [0.29, 0.717) is 29.3 Å². The molecule has 1 aliphatic carbocycles. The topological polar surface area (TPSA) is 74.2 Å². The molecular weight excluding hydrogens is 515 g/mol. The molecule has 0 bridgehead atoms. The summed E-state index contributed by atoms with van der Waals surface area (Å²) in [6, 6.07) is 14.9. The van der Waals surface area contributed by atoms with Gasteiger partial charge >= 0.3 is 57.6 Å². The Morgan fingerprint density at radius 3 is 2.19 bits per heavy atom. The summed E-state index contributed by atoms with van der Waals surface area (Å²) in [6.45, 7) is 0.184. The van der Waals surface area contributed by atoms with Gasteiger partial charge in [0.15, 0.2) is 0 Å². The molecule has 1 N–H and O–H groups in total. The van der Waals surface area contributed by atoms with Crippen LogP contribution in [0.5, 0.6) is 0 Å². The van der Waals surface area contributed by atoms with Gasteiger partial charge in [-0.05, 0) is 59.9 Å². The summed E-state index contributed by atoms with van der Waals surface area (Å²) >= 11 is 0. The molecule has 3 aromatic carbocycles. The standard InChI is InChI=1S/C27H20F4N2O3.K/c28-21-13-18-9-12-33(15-16-1-5-20(6-2-16)27(29,30)31)23(18)22(14-21)24(34)32-26(10-11-26)19-7-3-17(4-8-19)25(35)36;/h1-9,12-14H,10-11,15H2,(H,32,34)(H,35,36);/q;+1/p-1. The van der Waals surface area contributed by atoms with Gasteiger partial charge in [-0.25, -0.2) is 4.39 Å². The van der Waals surface area contributed by atoms with E-state index >= 15 is 0 Å². The van der Waals surface area contributed by atoms with Crippen molar-refractivity contribution in [3.8, 4) is 0 Å². The third-order valence-electron chi connectivity index (χ3n) is 6.48. The van der Waals surface area contributed by atoms with Crippen LogP contribution in [-0.4, -0.2) is 16.4 Å². The van der Waals surface area contributed by atoms with Gasteiger partial charge < -0.3 is 19.8 Å². The molecule has 0 spiro atoms. The Morgan fingerprint density at radius 1 is 0.973 bits per heavy atom. The second kappa shape index (κ2) is 10.3. The third kappa shape index (κ3) is 5.68. The Bertz CT molecular complexity index is 1470. The number of aromatic carboxylic acids is 1. The van der Waals surface area contributed by atoms with Crippen LogP contribution in [0, 0.1) is 5.82 Å².